The van der Waals surface area contributed by atoms with Crippen LogP contribution in [0, 0.1) is 0 Å². The molecule has 1 amide bonds. The average Bonchev–Trinajstić information content (AvgIpc) is 3.25. The fraction of sp³-hybridized carbons (Fsp3) is 0.167. The highest BCUT2D eigenvalue weighted by Gasteiger charge is 2.37. The molecule has 0 atom stereocenters. The van der Waals surface area contributed by atoms with E-state index in [1.807, 2.05) is 77.7 Å². The molecule has 6 heteroatoms. The number of amidine groups is 1. The van der Waals surface area contributed by atoms with Crippen LogP contribution in [0.15, 0.2) is 77.8 Å². The predicted octanol–water partition coefficient (Wildman–Crippen LogP) is 5.71. The van der Waals surface area contributed by atoms with Gasteiger partial charge in [0.15, 0.2) is 5.17 Å². The molecule has 0 aromatic heterocycles. The van der Waals surface area contributed by atoms with Crippen molar-refractivity contribution in [3.05, 3.63) is 94.5 Å². The number of fused-ring (bicyclic) bond motifs is 2. The molecule has 0 saturated heterocycles. The van der Waals surface area contributed by atoms with Crippen molar-refractivity contribution in [3.63, 3.8) is 0 Å². The third kappa shape index (κ3) is 3.59. The number of rotatable bonds is 3. The number of hydrogen-bond acceptors (Lipinski definition) is 4. The molecule has 150 valence electrons. The summed E-state index contributed by atoms with van der Waals surface area (Å²) >= 11 is 7.57. The Morgan fingerprint density at radius 2 is 1.63 bits per heavy atom. The highest BCUT2D eigenvalue weighted by molar-refractivity contribution is 8.13. The summed E-state index contributed by atoms with van der Waals surface area (Å²) in [5.74, 6) is 1.85. The number of halogens is 1. The number of nitrogens with zero attached hydrogens (tertiary/aromatic N) is 2. The Morgan fingerprint density at radius 1 is 1.00 bits per heavy atom. The first kappa shape index (κ1) is 19.2. The number of carbonyl (C=O) groups is 1. The van der Waals surface area contributed by atoms with E-state index in [0.29, 0.717) is 13.1 Å². The lowest BCUT2D eigenvalue weighted by atomic mass is 9.87. The molecule has 0 aliphatic carbocycles. The topological polar surface area (TPSA) is 41.9 Å². The lowest BCUT2D eigenvalue weighted by Crippen LogP contribution is -2.38. The highest BCUT2D eigenvalue weighted by Crippen LogP contribution is 2.45. The quantitative estimate of drug-likeness (QED) is 0.530. The SMILES string of the molecule is O=C(C1c2ccccc2Oc2ccccc21)N1CCN=C1SCc1ccc(Cl)cc1. The Hall–Kier alpha value is -2.76. The summed E-state index contributed by atoms with van der Waals surface area (Å²) in [6.07, 6.45) is 0. The van der Waals surface area contributed by atoms with Crippen molar-refractivity contribution in [2.75, 3.05) is 13.1 Å². The number of benzene rings is 3. The van der Waals surface area contributed by atoms with Crippen LogP contribution in [0.4, 0.5) is 0 Å². The number of para-hydroxylation sites is 2. The van der Waals surface area contributed by atoms with E-state index in [2.05, 4.69) is 4.99 Å². The first-order chi connectivity index (χ1) is 14.7. The third-order valence-electron chi connectivity index (χ3n) is 5.28. The van der Waals surface area contributed by atoms with Crippen molar-refractivity contribution in [2.45, 2.75) is 11.7 Å². The summed E-state index contributed by atoms with van der Waals surface area (Å²) < 4.78 is 6.05. The van der Waals surface area contributed by atoms with Gasteiger partial charge in [0.25, 0.3) is 0 Å². The number of thioether (sulfide) groups is 1. The Balaban J connectivity index is 1.41. The first-order valence-corrected chi connectivity index (χ1v) is 11.2. The van der Waals surface area contributed by atoms with Crippen LogP contribution in [0.3, 0.4) is 0 Å². The number of hydrogen-bond donors (Lipinski definition) is 0. The van der Waals surface area contributed by atoms with Gasteiger partial charge in [-0.2, -0.15) is 0 Å². The van der Waals surface area contributed by atoms with Crippen LogP contribution in [0.2, 0.25) is 5.02 Å². The van der Waals surface area contributed by atoms with E-state index in [0.717, 1.165) is 44.1 Å². The van der Waals surface area contributed by atoms with Crippen molar-refractivity contribution < 1.29 is 9.53 Å². The summed E-state index contributed by atoms with van der Waals surface area (Å²) in [4.78, 5) is 20.2. The number of aliphatic imine (C=N–C) groups is 1. The maximum Gasteiger partial charge on any atom is 0.240 e. The van der Waals surface area contributed by atoms with E-state index in [-0.39, 0.29) is 5.91 Å². The molecule has 2 aliphatic rings. The van der Waals surface area contributed by atoms with E-state index < -0.39 is 5.92 Å². The standard InChI is InChI=1S/C24H19ClN2O2S/c25-17-11-9-16(10-12-17)15-30-24-26-13-14-27(24)23(28)22-18-5-1-3-7-20(18)29-21-8-4-2-6-19(21)22/h1-12,22H,13-15H2. The molecule has 0 bridgehead atoms. The van der Waals surface area contributed by atoms with Crippen LogP contribution < -0.4 is 4.74 Å². The molecule has 0 fully saturated rings. The molecule has 30 heavy (non-hydrogen) atoms. The molecule has 0 unspecified atom stereocenters. The monoisotopic (exact) mass is 434 g/mol. The predicted molar refractivity (Wildman–Crippen MR) is 122 cm³/mol. The summed E-state index contributed by atoms with van der Waals surface area (Å²) in [6, 6.07) is 23.3. The number of carbonyl (C=O) groups excluding carboxylic acids is 1. The second-order valence-electron chi connectivity index (χ2n) is 7.18. The molecule has 2 aliphatic heterocycles. The lowest BCUT2D eigenvalue weighted by molar-refractivity contribution is -0.127. The maximum absolute atomic E-state index is 13.8. The van der Waals surface area contributed by atoms with Gasteiger partial charge in [-0.05, 0) is 29.8 Å². The summed E-state index contributed by atoms with van der Waals surface area (Å²) in [7, 11) is 0. The Morgan fingerprint density at radius 3 is 2.30 bits per heavy atom. The molecule has 0 saturated carbocycles. The second kappa shape index (κ2) is 8.17. The van der Waals surface area contributed by atoms with Crippen molar-refractivity contribution in [3.8, 4) is 11.5 Å². The van der Waals surface area contributed by atoms with Crippen LogP contribution >= 0.6 is 23.4 Å². The molecular formula is C24H19ClN2O2S. The third-order valence-corrected chi connectivity index (χ3v) is 6.61. The van der Waals surface area contributed by atoms with E-state index in [1.54, 1.807) is 11.8 Å². The maximum atomic E-state index is 13.8. The van der Waals surface area contributed by atoms with Crippen LogP contribution in [0.5, 0.6) is 11.5 Å². The van der Waals surface area contributed by atoms with Gasteiger partial charge in [0.1, 0.15) is 11.5 Å². The minimum Gasteiger partial charge on any atom is -0.457 e. The molecule has 0 N–H and O–H groups in total. The Kier molecular flexibility index (Phi) is 5.23. The number of amides is 1. The summed E-state index contributed by atoms with van der Waals surface area (Å²) in [5, 5.41) is 1.49. The van der Waals surface area contributed by atoms with Gasteiger partial charge in [0, 0.05) is 28.4 Å². The van der Waals surface area contributed by atoms with E-state index >= 15 is 0 Å². The molecule has 0 radical (unpaired) electrons. The minimum atomic E-state index is -0.398. The molecule has 2 heterocycles. The first-order valence-electron chi connectivity index (χ1n) is 9.79. The van der Waals surface area contributed by atoms with Crippen LogP contribution in [-0.4, -0.2) is 29.1 Å². The second-order valence-corrected chi connectivity index (χ2v) is 8.56. The van der Waals surface area contributed by atoms with Gasteiger partial charge in [-0.1, -0.05) is 71.9 Å². The van der Waals surface area contributed by atoms with Crippen molar-refractivity contribution in [2.24, 2.45) is 4.99 Å². The van der Waals surface area contributed by atoms with E-state index in [9.17, 15) is 4.79 Å². The van der Waals surface area contributed by atoms with Gasteiger partial charge < -0.3 is 4.74 Å². The molecule has 0 spiro atoms. The van der Waals surface area contributed by atoms with Gasteiger partial charge in [0.2, 0.25) is 5.91 Å². The Labute approximate surface area is 184 Å². The zero-order valence-corrected chi connectivity index (χ0v) is 17.7. The van der Waals surface area contributed by atoms with Crippen molar-refractivity contribution in [1.29, 1.82) is 0 Å². The van der Waals surface area contributed by atoms with Gasteiger partial charge in [-0.25, -0.2) is 0 Å². The van der Waals surface area contributed by atoms with E-state index in [4.69, 9.17) is 16.3 Å². The average molecular weight is 435 g/mol. The van der Waals surface area contributed by atoms with Gasteiger partial charge in [-0.3, -0.25) is 14.7 Å². The Bertz CT molecular complexity index is 1080. The van der Waals surface area contributed by atoms with Gasteiger partial charge in [-0.15, -0.1) is 0 Å². The molecule has 5 rings (SSSR count). The smallest absolute Gasteiger partial charge is 0.240 e. The van der Waals surface area contributed by atoms with Crippen LogP contribution in [0.25, 0.3) is 0 Å². The lowest BCUT2D eigenvalue weighted by Gasteiger charge is -2.30. The fourth-order valence-electron chi connectivity index (χ4n) is 3.81. The van der Waals surface area contributed by atoms with Crippen molar-refractivity contribution in [1.82, 2.24) is 4.90 Å². The molecule has 3 aromatic carbocycles. The fourth-order valence-corrected chi connectivity index (χ4v) is 4.95. The van der Waals surface area contributed by atoms with Crippen LogP contribution in [-0.2, 0) is 10.5 Å². The largest absolute Gasteiger partial charge is 0.457 e. The van der Waals surface area contributed by atoms with Gasteiger partial charge >= 0.3 is 0 Å². The van der Waals surface area contributed by atoms with Crippen LogP contribution in [0.1, 0.15) is 22.6 Å². The minimum absolute atomic E-state index is 0.0399. The zero-order chi connectivity index (χ0) is 20.5. The molecule has 3 aromatic rings. The van der Waals surface area contributed by atoms with Gasteiger partial charge in [0.05, 0.1) is 12.5 Å². The zero-order valence-electron chi connectivity index (χ0n) is 16.1. The summed E-state index contributed by atoms with van der Waals surface area (Å²) in [6.45, 7) is 1.23. The number of ether oxygens (including phenoxy) is 1. The van der Waals surface area contributed by atoms with E-state index in [1.165, 1.54) is 0 Å². The molecular weight excluding hydrogens is 416 g/mol. The highest BCUT2D eigenvalue weighted by atomic mass is 35.5. The normalized spacial score (nSPS) is 15.2. The summed E-state index contributed by atoms with van der Waals surface area (Å²) in [5.41, 5.74) is 2.94. The molecule has 4 nitrogen and oxygen atoms in total. The van der Waals surface area contributed by atoms with Crippen molar-refractivity contribution >= 4 is 34.4 Å².